The summed E-state index contributed by atoms with van der Waals surface area (Å²) in [4.78, 5) is 11.3. The van der Waals surface area contributed by atoms with Gasteiger partial charge in [0.05, 0.1) is 0 Å². The van der Waals surface area contributed by atoms with Crippen LogP contribution in [0.4, 0.5) is 13.2 Å². The van der Waals surface area contributed by atoms with E-state index in [1.165, 1.54) is 13.8 Å². The van der Waals surface area contributed by atoms with Crippen molar-refractivity contribution in [3.8, 4) is 5.75 Å². The molecule has 0 unspecified atom stereocenters. The van der Waals surface area contributed by atoms with E-state index >= 15 is 0 Å². The van der Waals surface area contributed by atoms with Crippen LogP contribution in [0.3, 0.4) is 0 Å². The number of halogens is 3. The van der Waals surface area contributed by atoms with E-state index in [-0.39, 0.29) is 0 Å². The van der Waals surface area contributed by atoms with E-state index in [1.807, 2.05) is 0 Å². The van der Waals surface area contributed by atoms with E-state index in [1.54, 1.807) is 0 Å². The molecule has 0 atom stereocenters. The lowest BCUT2D eigenvalue weighted by Crippen LogP contribution is -2.28. The first-order valence-electron chi connectivity index (χ1n) is 4.26. The minimum absolute atomic E-state index is 0.543. The normalized spacial score (nSPS) is 12.1. The lowest BCUT2D eigenvalue weighted by molar-refractivity contribution is -0.144. The lowest BCUT2D eigenvalue weighted by Gasteiger charge is -2.18. The molecule has 3 nitrogen and oxygen atoms in total. The lowest BCUT2D eigenvalue weighted by atomic mass is 10.2. The fraction of sp³-hybridized carbons (Fsp3) is 0.444. The number of alkyl halides is 3. The van der Waals surface area contributed by atoms with Crippen molar-refractivity contribution in [3.63, 3.8) is 0 Å². The topological polar surface area (TPSA) is 42.2 Å². The minimum Gasteiger partial charge on any atom is -0.508 e. The van der Waals surface area contributed by atoms with Crippen LogP contribution in [0, 0.1) is 0 Å². The molecule has 0 aliphatic heterocycles. The standard InChI is InChI=1S/C9H10F3NO2/c1-5(2)13-7(9(10,11)12)3-6(14)4-8(13)15/h3-5,14H,1-2H3. The van der Waals surface area contributed by atoms with Crippen LogP contribution in [-0.2, 0) is 6.18 Å². The van der Waals surface area contributed by atoms with Gasteiger partial charge in [-0.25, -0.2) is 0 Å². The molecule has 0 saturated carbocycles. The average molecular weight is 221 g/mol. The Balaban J connectivity index is 3.55. The van der Waals surface area contributed by atoms with Crippen molar-refractivity contribution in [2.24, 2.45) is 0 Å². The van der Waals surface area contributed by atoms with Gasteiger partial charge in [0, 0.05) is 18.2 Å². The number of pyridine rings is 1. The van der Waals surface area contributed by atoms with E-state index < -0.39 is 29.2 Å². The summed E-state index contributed by atoms with van der Waals surface area (Å²) in [5.41, 5.74) is -2.00. The maximum absolute atomic E-state index is 12.5. The largest absolute Gasteiger partial charge is 0.508 e. The fourth-order valence-electron chi connectivity index (χ4n) is 1.32. The highest BCUT2D eigenvalue weighted by Gasteiger charge is 2.35. The molecule has 1 aromatic heterocycles. The summed E-state index contributed by atoms with van der Waals surface area (Å²) in [7, 11) is 0. The van der Waals surface area contributed by atoms with Gasteiger partial charge in [0.1, 0.15) is 11.4 Å². The van der Waals surface area contributed by atoms with Crippen LogP contribution in [0.2, 0.25) is 0 Å². The predicted molar refractivity (Wildman–Crippen MR) is 47.8 cm³/mol. The van der Waals surface area contributed by atoms with E-state index in [4.69, 9.17) is 5.11 Å². The summed E-state index contributed by atoms with van der Waals surface area (Å²) in [5, 5.41) is 8.95. The van der Waals surface area contributed by atoms with Crippen molar-refractivity contribution < 1.29 is 18.3 Å². The zero-order valence-electron chi connectivity index (χ0n) is 8.17. The third-order valence-corrected chi connectivity index (χ3v) is 1.86. The van der Waals surface area contributed by atoms with Crippen LogP contribution in [0.5, 0.6) is 5.75 Å². The molecule has 1 aromatic rings. The van der Waals surface area contributed by atoms with Crippen LogP contribution in [0.1, 0.15) is 25.6 Å². The van der Waals surface area contributed by atoms with Gasteiger partial charge in [0.2, 0.25) is 0 Å². The molecular weight excluding hydrogens is 211 g/mol. The average Bonchev–Trinajstić information content (AvgIpc) is 1.99. The molecule has 0 aromatic carbocycles. The first kappa shape index (κ1) is 11.6. The van der Waals surface area contributed by atoms with Crippen LogP contribution in [0.15, 0.2) is 16.9 Å². The molecule has 0 aliphatic rings. The summed E-state index contributed by atoms with van der Waals surface area (Å²) in [6.45, 7) is 2.93. The molecule has 0 bridgehead atoms. The molecule has 0 saturated heterocycles. The van der Waals surface area contributed by atoms with Crippen molar-refractivity contribution >= 4 is 0 Å². The molecule has 0 fully saturated rings. The van der Waals surface area contributed by atoms with Crippen molar-refractivity contribution in [1.29, 1.82) is 0 Å². The van der Waals surface area contributed by atoms with E-state index in [2.05, 4.69) is 0 Å². The summed E-state index contributed by atoms with van der Waals surface area (Å²) >= 11 is 0. The van der Waals surface area contributed by atoms with E-state index in [9.17, 15) is 18.0 Å². The smallest absolute Gasteiger partial charge is 0.431 e. The van der Waals surface area contributed by atoms with Gasteiger partial charge in [-0.3, -0.25) is 4.79 Å². The predicted octanol–water partition coefficient (Wildman–Crippen LogP) is 2.15. The molecule has 1 N–H and O–H groups in total. The van der Waals surface area contributed by atoms with Gasteiger partial charge in [0.25, 0.3) is 5.56 Å². The van der Waals surface area contributed by atoms with Gasteiger partial charge in [0.15, 0.2) is 0 Å². The fourth-order valence-corrected chi connectivity index (χ4v) is 1.32. The quantitative estimate of drug-likeness (QED) is 0.789. The van der Waals surface area contributed by atoms with Gasteiger partial charge in [-0.1, -0.05) is 0 Å². The number of hydrogen-bond donors (Lipinski definition) is 1. The monoisotopic (exact) mass is 221 g/mol. The number of rotatable bonds is 1. The zero-order chi connectivity index (χ0) is 11.8. The summed E-state index contributed by atoms with van der Waals surface area (Å²) in [5.74, 6) is -0.677. The Bertz CT molecular complexity index is 420. The van der Waals surface area contributed by atoms with Gasteiger partial charge >= 0.3 is 6.18 Å². The maximum atomic E-state index is 12.5. The highest BCUT2D eigenvalue weighted by atomic mass is 19.4. The summed E-state index contributed by atoms with van der Waals surface area (Å²) in [6.07, 6.45) is -4.65. The molecule has 0 aliphatic carbocycles. The highest BCUT2D eigenvalue weighted by Crippen LogP contribution is 2.31. The number of hydrogen-bond acceptors (Lipinski definition) is 2. The van der Waals surface area contributed by atoms with E-state index in [0.717, 1.165) is 6.07 Å². The Hall–Kier alpha value is -1.46. The number of nitrogens with zero attached hydrogens (tertiary/aromatic N) is 1. The number of aromatic hydroxyl groups is 1. The number of aromatic nitrogens is 1. The molecule has 15 heavy (non-hydrogen) atoms. The molecular formula is C9H10F3NO2. The molecule has 1 heterocycles. The summed E-state index contributed by atoms with van der Waals surface area (Å²) < 4.78 is 38.1. The van der Waals surface area contributed by atoms with Gasteiger partial charge in [-0.2, -0.15) is 13.2 Å². The van der Waals surface area contributed by atoms with Crippen LogP contribution in [0.25, 0.3) is 0 Å². The Morgan fingerprint density at radius 3 is 2.27 bits per heavy atom. The van der Waals surface area contributed by atoms with Gasteiger partial charge < -0.3 is 9.67 Å². The van der Waals surface area contributed by atoms with Gasteiger partial charge in [-0.05, 0) is 13.8 Å². The first-order valence-corrected chi connectivity index (χ1v) is 4.26. The third kappa shape index (κ3) is 2.31. The molecule has 1 rings (SSSR count). The van der Waals surface area contributed by atoms with E-state index in [0.29, 0.717) is 10.6 Å². The van der Waals surface area contributed by atoms with Crippen LogP contribution < -0.4 is 5.56 Å². The van der Waals surface area contributed by atoms with Crippen molar-refractivity contribution in [2.75, 3.05) is 0 Å². The molecule has 0 radical (unpaired) electrons. The Labute approximate surface area is 83.8 Å². The third-order valence-electron chi connectivity index (χ3n) is 1.86. The highest BCUT2D eigenvalue weighted by molar-refractivity contribution is 5.24. The molecule has 0 spiro atoms. The molecule has 84 valence electrons. The second-order valence-corrected chi connectivity index (χ2v) is 3.40. The Morgan fingerprint density at radius 1 is 1.33 bits per heavy atom. The van der Waals surface area contributed by atoms with Crippen LogP contribution in [-0.4, -0.2) is 9.67 Å². The minimum atomic E-state index is -4.65. The Morgan fingerprint density at radius 2 is 1.87 bits per heavy atom. The van der Waals surface area contributed by atoms with Gasteiger partial charge in [-0.15, -0.1) is 0 Å². The van der Waals surface area contributed by atoms with Crippen molar-refractivity contribution in [3.05, 3.63) is 28.2 Å². The molecule has 0 amide bonds. The SMILES string of the molecule is CC(C)n1c(C(F)(F)F)cc(O)cc1=O. The zero-order valence-corrected chi connectivity index (χ0v) is 8.17. The second-order valence-electron chi connectivity index (χ2n) is 3.40. The summed E-state index contributed by atoms with van der Waals surface area (Å²) in [6, 6.07) is 0.686. The van der Waals surface area contributed by atoms with Crippen LogP contribution >= 0.6 is 0 Å². The van der Waals surface area contributed by atoms with Crippen molar-refractivity contribution in [1.82, 2.24) is 4.57 Å². The van der Waals surface area contributed by atoms with Crippen molar-refractivity contribution in [2.45, 2.75) is 26.1 Å². The molecule has 6 heteroatoms. The second kappa shape index (κ2) is 3.60. The Kier molecular flexibility index (Phi) is 2.79. The first-order chi connectivity index (χ1) is 6.73. The maximum Gasteiger partial charge on any atom is 0.431 e.